The molecule has 0 bridgehead atoms. The van der Waals surface area contributed by atoms with Crippen molar-refractivity contribution in [1.29, 1.82) is 0 Å². The molecule has 1 heterocycles. The lowest BCUT2D eigenvalue weighted by Crippen LogP contribution is -2.64. The molecule has 1 spiro atoms. The molecule has 1 N–H and O–H groups in total. The molecule has 1 aliphatic carbocycles. The summed E-state index contributed by atoms with van der Waals surface area (Å²) >= 11 is 0. The van der Waals surface area contributed by atoms with Crippen LogP contribution in [0, 0.1) is 5.41 Å². The summed E-state index contributed by atoms with van der Waals surface area (Å²) in [6, 6.07) is 0. The lowest BCUT2D eigenvalue weighted by molar-refractivity contribution is -0.139. The van der Waals surface area contributed by atoms with Crippen molar-refractivity contribution >= 4 is 5.97 Å². The van der Waals surface area contributed by atoms with E-state index in [0.717, 1.165) is 6.42 Å². The Morgan fingerprint density at radius 2 is 1.82 bits per heavy atom. The molecule has 0 aromatic carbocycles. The smallest absolute Gasteiger partial charge is 0.303 e. The first-order valence-electron chi connectivity index (χ1n) is 6.91. The summed E-state index contributed by atoms with van der Waals surface area (Å²) in [5, 5.41) is 8.77. The molecule has 3 nitrogen and oxygen atoms in total. The number of hydrogen-bond donors (Lipinski definition) is 1. The van der Waals surface area contributed by atoms with E-state index >= 15 is 0 Å². The predicted molar refractivity (Wildman–Crippen MR) is 68.0 cm³/mol. The van der Waals surface area contributed by atoms with E-state index in [1.54, 1.807) is 0 Å². The van der Waals surface area contributed by atoms with Crippen molar-refractivity contribution in [2.45, 2.75) is 64.3 Å². The normalized spacial score (nSPS) is 24.6. The van der Waals surface area contributed by atoms with E-state index < -0.39 is 5.97 Å². The number of carboxylic acid groups (broad SMARTS) is 1. The summed E-state index contributed by atoms with van der Waals surface area (Å²) in [4.78, 5) is 13.1. The summed E-state index contributed by atoms with van der Waals surface area (Å²) in [7, 11) is 0. The first kappa shape index (κ1) is 12.9. The van der Waals surface area contributed by atoms with Crippen LogP contribution < -0.4 is 0 Å². The molecule has 0 amide bonds. The van der Waals surface area contributed by atoms with E-state index in [1.165, 1.54) is 45.2 Å². The summed E-state index contributed by atoms with van der Waals surface area (Å²) in [5.74, 6) is -0.675. The Morgan fingerprint density at radius 1 is 1.24 bits per heavy atom. The molecule has 1 saturated carbocycles. The van der Waals surface area contributed by atoms with Gasteiger partial charge in [0.05, 0.1) is 0 Å². The van der Waals surface area contributed by atoms with E-state index in [0.29, 0.717) is 5.41 Å². The van der Waals surface area contributed by atoms with Gasteiger partial charge in [-0.15, -0.1) is 0 Å². The molecule has 98 valence electrons. The van der Waals surface area contributed by atoms with Crippen LogP contribution in [0.1, 0.15) is 58.8 Å². The van der Waals surface area contributed by atoms with Gasteiger partial charge in [0.15, 0.2) is 0 Å². The van der Waals surface area contributed by atoms with Crippen molar-refractivity contribution in [1.82, 2.24) is 4.90 Å². The van der Waals surface area contributed by atoms with Crippen LogP contribution in [0.25, 0.3) is 0 Å². The van der Waals surface area contributed by atoms with Gasteiger partial charge in [0.25, 0.3) is 0 Å². The standard InChI is InChI=1S/C14H25NO2/c1-13(2,9-6-12(16)17)15-10-14(11-15)7-4-3-5-8-14/h3-11H2,1-2H3,(H,16,17). The van der Waals surface area contributed by atoms with Crippen molar-refractivity contribution in [3.05, 3.63) is 0 Å². The number of likely N-dealkylation sites (tertiary alicyclic amines) is 1. The monoisotopic (exact) mass is 239 g/mol. The second-order valence-electron chi connectivity index (χ2n) is 6.62. The SMILES string of the molecule is CC(C)(CCC(=O)O)N1CC2(CCCCC2)C1. The lowest BCUT2D eigenvalue weighted by Gasteiger charge is -2.58. The van der Waals surface area contributed by atoms with Gasteiger partial charge in [-0.25, -0.2) is 0 Å². The van der Waals surface area contributed by atoms with Gasteiger partial charge >= 0.3 is 5.97 Å². The lowest BCUT2D eigenvalue weighted by atomic mass is 9.67. The summed E-state index contributed by atoms with van der Waals surface area (Å²) in [6.07, 6.45) is 8.02. The van der Waals surface area contributed by atoms with Gasteiger partial charge in [0.2, 0.25) is 0 Å². The molecule has 1 saturated heterocycles. The fourth-order valence-corrected chi connectivity index (χ4v) is 3.38. The molecule has 0 aromatic heterocycles. The minimum Gasteiger partial charge on any atom is -0.481 e. The fourth-order valence-electron chi connectivity index (χ4n) is 3.38. The number of aliphatic carboxylic acids is 1. The van der Waals surface area contributed by atoms with Crippen LogP contribution >= 0.6 is 0 Å². The van der Waals surface area contributed by atoms with Crippen LogP contribution in [0.5, 0.6) is 0 Å². The highest BCUT2D eigenvalue weighted by molar-refractivity contribution is 5.66. The number of carbonyl (C=O) groups is 1. The van der Waals surface area contributed by atoms with Gasteiger partial charge in [-0.1, -0.05) is 19.3 Å². The maximum atomic E-state index is 10.7. The fraction of sp³-hybridized carbons (Fsp3) is 0.929. The molecule has 17 heavy (non-hydrogen) atoms. The highest BCUT2D eigenvalue weighted by atomic mass is 16.4. The van der Waals surface area contributed by atoms with Gasteiger partial charge in [0.1, 0.15) is 0 Å². The Labute approximate surface area is 104 Å². The minimum absolute atomic E-state index is 0.0566. The molecule has 0 radical (unpaired) electrons. The molecule has 0 unspecified atom stereocenters. The zero-order valence-corrected chi connectivity index (χ0v) is 11.2. The van der Waals surface area contributed by atoms with E-state index in [1.807, 2.05) is 0 Å². The molecular formula is C14H25NO2. The van der Waals surface area contributed by atoms with Crippen LogP contribution in [0.2, 0.25) is 0 Å². The quantitative estimate of drug-likeness (QED) is 0.820. The highest BCUT2D eigenvalue weighted by Crippen LogP contribution is 2.46. The Morgan fingerprint density at radius 3 is 2.35 bits per heavy atom. The van der Waals surface area contributed by atoms with Crippen molar-refractivity contribution in [3.63, 3.8) is 0 Å². The molecule has 1 aliphatic heterocycles. The average molecular weight is 239 g/mol. The third kappa shape index (κ3) is 2.82. The Bertz CT molecular complexity index is 285. The molecule has 3 heteroatoms. The average Bonchev–Trinajstić information content (AvgIpc) is 2.24. The largest absolute Gasteiger partial charge is 0.481 e. The van der Waals surface area contributed by atoms with Crippen molar-refractivity contribution in [2.24, 2.45) is 5.41 Å². The van der Waals surface area contributed by atoms with Crippen LogP contribution in [0.15, 0.2) is 0 Å². The van der Waals surface area contributed by atoms with E-state index in [-0.39, 0.29) is 12.0 Å². The van der Waals surface area contributed by atoms with Crippen LogP contribution in [0.4, 0.5) is 0 Å². The molecule has 2 aliphatic rings. The van der Waals surface area contributed by atoms with Crippen molar-refractivity contribution < 1.29 is 9.90 Å². The Kier molecular flexibility index (Phi) is 3.48. The maximum absolute atomic E-state index is 10.7. The van der Waals surface area contributed by atoms with Gasteiger partial charge in [-0.2, -0.15) is 0 Å². The van der Waals surface area contributed by atoms with Crippen LogP contribution in [0.3, 0.4) is 0 Å². The van der Waals surface area contributed by atoms with Gasteiger partial charge in [0, 0.05) is 25.0 Å². The van der Waals surface area contributed by atoms with E-state index in [4.69, 9.17) is 5.11 Å². The zero-order chi connectivity index (χ0) is 12.5. The number of hydrogen-bond acceptors (Lipinski definition) is 2. The van der Waals surface area contributed by atoms with Gasteiger partial charge in [-0.3, -0.25) is 9.69 Å². The number of rotatable bonds is 4. The summed E-state index contributed by atoms with van der Waals surface area (Å²) < 4.78 is 0. The first-order valence-corrected chi connectivity index (χ1v) is 6.91. The number of nitrogens with zero attached hydrogens (tertiary/aromatic N) is 1. The van der Waals surface area contributed by atoms with Crippen LogP contribution in [-0.4, -0.2) is 34.6 Å². The third-order valence-electron chi connectivity index (χ3n) is 4.77. The third-order valence-corrected chi connectivity index (χ3v) is 4.77. The highest BCUT2D eigenvalue weighted by Gasteiger charge is 2.47. The first-order chi connectivity index (χ1) is 7.94. The van der Waals surface area contributed by atoms with Crippen molar-refractivity contribution in [2.75, 3.05) is 13.1 Å². The number of carboxylic acids is 1. The molecular weight excluding hydrogens is 214 g/mol. The van der Waals surface area contributed by atoms with Gasteiger partial charge in [-0.05, 0) is 38.5 Å². The molecule has 2 fully saturated rings. The summed E-state index contributed by atoms with van der Waals surface area (Å²) in [6.45, 7) is 6.76. The van der Waals surface area contributed by atoms with Gasteiger partial charge < -0.3 is 5.11 Å². The van der Waals surface area contributed by atoms with Crippen molar-refractivity contribution in [3.8, 4) is 0 Å². The second-order valence-corrected chi connectivity index (χ2v) is 6.62. The second kappa shape index (κ2) is 4.60. The Hall–Kier alpha value is -0.570. The zero-order valence-electron chi connectivity index (χ0n) is 11.2. The molecule has 0 atom stereocenters. The van der Waals surface area contributed by atoms with Crippen LogP contribution in [-0.2, 0) is 4.79 Å². The molecule has 0 aromatic rings. The minimum atomic E-state index is -0.675. The topological polar surface area (TPSA) is 40.5 Å². The molecule has 2 rings (SSSR count). The summed E-state index contributed by atoms with van der Waals surface area (Å²) in [5.41, 5.74) is 0.653. The predicted octanol–water partition coefficient (Wildman–Crippen LogP) is 2.90. The Balaban J connectivity index is 1.82. The van der Waals surface area contributed by atoms with E-state index in [2.05, 4.69) is 18.7 Å². The maximum Gasteiger partial charge on any atom is 0.303 e. The van der Waals surface area contributed by atoms with E-state index in [9.17, 15) is 4.79 Å².